The lowest BCUT2D eigenvalue weighted by Gasteiger charge is -2.25. The van der Waals surface area contributed by atoms with Gasteiger partial charge in [0.1, 0.15) is 11.3 Å². The first-order valence-electron chi connectivity index (χ1n) is 11.0. The fraction of sp³-hybridized carbons (Fsp3) is 0.185. The lowest BCUT2D eigenvalue weighted by Crippen LogP contribution is -2.29. The first-order valence-corrected chi connectivity index (χ1v) is 11.8. The molecule has 1 atom stereocenters. The van der Waals surface area contributed by atoms with E-state index in [2.05, 4.69) is 0 Å². The number of amides is 1. The third-order valence-corrected chi connectivity index (χ3v) is 6.50. The minimum absolute atomic E-state index is 0.0446. The molecule has 1 aliphatic heterocycles. The molecule has 1 unspecified atom stereocenters. The number of benzene rings is 3. The number of fused-ring (bicyclic) bond motifs is 2. The molecule has 3 aromatic carbocycles. The Hall–Kier alpha value is -3.28. The Labute approximate surface area is 206 Å². The number of carbonyl (C=O) groups is 1. The van der Waals surface area contributed by atoms with Gasteiger partial charge < -0.3 is 14.1 Å². The molecule has 7 heteroatoms. The van der Waals surface area contributed by atoms with Gasteiger partial charge >= 0.3 is 0 Å². The minimum Gasteiger partial charge on any atom is -0.494 e. The highest BCUT2D eigenvalue weighted by Crippen LogP contribution is 2.40. The van der Waals surface area contributed by atoms with Gasteiger partial charge in [-0.15, -0.1) is 0 Å². The second-order valence-corrected chi connectivity index (χ2v) is 9.00. The fourth-order valence-electron chi connectivity index (χ4n) is 4.28. The Morgan fingerprint density at radius 1 is 1.00 bits per heavy atom. The van der Waals surface area contributed by atoms with Crippen LogP contribution in [0.1, 0.15) is 46.6 Å². The van der Waals surface area contributed by atoms with Crippen molar-refractivity contribution in [3.8, 4) is 5.75 Å². The van der Waals surface area contributed by atoms with E-state index in [9.17, 15) is 9.59 Å². The average molecular weight is 494 g/mol. The van der Waals surface area contributed by atoms with Crippen LogP contribution in [0, 0.1) is 0 Å². The molecule has 1 amide bonds. The molecule has 5 nitrogen and oxygen atoms in total. The zero-order chi connectivity index (χ0) is 23.8. The van der Waals surface area contributed by atoms with Gasteiger partial charge in [-0.2, -0.15) is 0 Å². The van der Waals surface area contributed by atoms with Gasteiger partial charge in [0.05, 0.1) is 23.6 Å². The van der Waals surface area contributed by atoms with Crippen LogP contribution in [0.15, 0.2) is 75.9 Å². The normalized spacial score (nSPS) is 15.1. The lowest BCUT2D eigenvalue weighted by molar-refractivity contribution is 0.0714. The van der Waals surface area contributed by atoms with E-state index in [4.69, 9.17) is 32.4 Å². The molecular formula is C27H21Cl2NO4. The highest BCUT2D eigenvalue weighted by Gasteiger charge is 2.42. The van der Waals surface area contributed by atoms with Crippen molar-refractivity contribution in [2.75, 3.05) is 6.61 Å². The number of carbonyl (C=O) groups excluding carboxylic acids is 1. The minimum atomic E-state index is -0.640. The maximum atomic E-state index is 13.6. The molecule has 1 aromatic heterocycles. The Bertz CT molecular complexity index is 1450. The summed E-state index contributed by atoms with van der Waals surface area (Å²) in [6, 6.07) is 19.0. The number of nitrogens with zero attached hydrogens (tertiary/aromatic N) is 1. The van der Waals surface area contributed by atoms with Gasteiger partial charge in [0.25, 0.3) is 5.91 Å². The zero-order valence-electron chi connectivity index (χ0n) is 18.4. The summed E-state index contributed by atoms with van der Waals surface area (Å²) in [4.78, 5) is 28.8. The number of hydrogen-bond acceptors (Lipinski definition) is 4. The van der Waals surface area contributed by atoms with Crippen LogP contribution in [-0.2, 0) is 6.54 Å². The molecule has 0 bridgehead atoms. The Kier molecular flexibility index (Phi) is 6.07. The molecule has 34 heavy (non-hydrogen) atoms. The summed E-state index contributed by atoms with van der Waals surface area (Å²) in [6.45, 7) is 2.87. The molecule has 0 N–H and O–H groups in total. The maximum Gasteiger partial charge on any atom is 0.291 e. The molecule has 4 aromatic rings. The first-order chi connectivity index (χ1) is 16.5. The van der Waals surface area contributed by atoms with Gasteiger partial charge in [-0.1, -0.05) is 60.5 Å². The van der Waals surface area contributed by atoms with Crippen LogP contribution >= 0.6 is 23.2 Å². The van der Waals surface area contributed by atoms with Gasteiger partial charge in [0.2, 0.25) is 5.76 Å². The zero-order valence-corrected chi connectivity index (χ0v) is 19.9. The smallest absolute Gasteiger partial charge is 0.291 e. The van der Waals surface area contributed by atoms with Crippen LogP contribution in [-0.4, -0.2) is 17.4 Å². The number of ether oxygens (including phenoxy) is 1. The summed E-state index contributed by atoms with van der Waals surface area (Å²) in [7, 11) is 0. The molecule has 0 aliphatic carbocycles. The average Bonchev–Trinajstić information content (AvgIpc) is 3.12. The van der Waals surface area contributed by atoms with E-state index < -0.39 is 6.04 Å². The summed E-state index contributed by atoms with van der Waals surface area (Å²) < 4.78 is 11.7. The van der Waals surface area contributed by atoms with E-state index in [1.54, 1.807) is 29.2 Å². The predicted molar refractivity (Wildman–Crippen MR) is 133 cm³/mol. The summed E-state index contributed by atoms with van der Waals surface area (Å²) in [6.07, 6.45) is 0.897. The molecule has 0 spiro atoms. The van der Waals surface area contributed by atoms with Gasteiger partial charge in [-0.3, -0.25) is 9.59 Å². The molecule has 0 fully saturated rings. The highest BCUT2D eigenvalue weighted by atomic mass is 35.5. The van der Waals surface area contributed by atoms with Gasteiger partial charge in [-0.25, -0.2) is 0 Å². The number of hydrogen-bond donors (Lipinski definition) is 0. The standard InChI is InChI=1S/C27H21Cl2NO4/c1-2-13-33-19-10-7-16(8-11-19)24-23-25(31)20-14-18(28)9-12-22(20)34-26(23)27(32)30(24)15-17-5-3-4-6-21(17)29/h3-12,14,24H,2,13,15H2,1H3. The number of rotatable bonds is 6. The molecule has 2 heterocycles. The molecule has 5 rings (SSSR count). The van der Waals surface area contributed by atoms with Crippen molar-refractivity contribution in [3.63, 3.8) is 0 Å². The Morgan fingerprint density at radius 3 is 2.50 bits per heavy atom. The molecule has 1 aliphatic rings. The number of halogens is 2. The van der Waals surface area contributed by atoms with Crippen LogP contribution in [0.5, 0.6) is 5.75 Å². The lowest BCUT2D eigenvalue weighted by atomic mass is 9.98. The highest BCUT2D eigenvalue weighted by molar-refractivity contribution is 6.31. The Morgan fingerprint density at radius 2 is 1.76 bits per heavy atom. The summed E-state index contributed by atoms with van der Waals surface area (Å²) >= 11 is 12.6. The van der Waals surface area contributed by atoms with Crippen molar-refractivity contribution in [2.24, 2.45) is 0 Å². The van der Waals surface area contributed by atoms with Gasteiger partial charge in [0, 0.05) is 16.6 Å². The van der Waals surface area contributed by atoms with Crippen molar-refractivity contribution in [3.05, 3.63) is 109 Å². The van der Waals surface area contributed by atoms with E-state index in [-0.39, 0.29) is 23.6 Å². The van der Waals surface area contributed by atoms with E-state index in [1.807, 2.05) is 49.4 Å². The molecule has 0 radical (unpaired) electrons. The van der Waals surface area contributed by atoms with Crippen molar-refractivity contribution < 1.29 is 13.9 Å². The maximum absolute atomic E-state index is 13.6. The van der Waals surface area contributed by atoms with Crippen LogP contribution in [0.2, 0.25) is 10.0 Å². The molecular weight excluding hydrogens is 473 g/mol. The third-order valence-electron chi connectivity index (χ3n) is 5.89. The van der Waals surface area contributed by atoms with Crippen molar-refractivity contribution in [2.45, 2.75) is 25.9 Å². The second kappa shape index (κ2) is 9.16. The monoisotopic (exact) mass is 493 g/mol. The van der Waals surface area contributed by atoms with Gasteiger partial charge in [0.15, 0.2) is 5.43 Å². The molecule has 0 saturated carbocycles. The van der Waals surface area contributed by atoms with E-state index >= 15 is 0 Å². The Balaban J connectivity index is 1.67. The van der Waals surface area contributed by atoms with Crippen molar-refractivity contribution in [1.82, 2.24) is 4.90 Å². The van der Waals surface area contributed by atoms with Crippen molar-refractivity contribution in [1.29, 1.82) is 0 Å². The summed E-state index contributed by atoms with van der Waals surface area (Å²) in [5.74, 6) is 0.411. The summed E-state index contributed by atoms with van der Waals surface area (Å²) in [5, 5.41) is 1.31. The van der Waals surface area contributed by atoms with Crippen LogP contribution in [0.25, 0.3) is 11.0 Å². The third kappa shape index (κ3) is 3.95. The van der Waals surface area contributed by atoms with E-state index in [1.165, 1.54) is 0 Å². The SMILES string of the molecule is CCCOc1ccc(C2c3c(oc4ccc(Cl)cc4c3=O)C(=O)N2Cc2ccccc2Cl)cc1. The van der Waals surface area contributed by atoms with Crippen LogP contribution in [0.4, 0.5) is 0 Å². The van der Waals surface area contributed by atoms with Crippen LogP contribution < -0.4 is 10.2 Å². The largest absolute Gasteiger partial charge is 0.494 e. The predicted octanol–water partition coefficient (Wildman–Crippen LogP) is 6.63. The topological polar surface area (TPSA) is 59.8 Å². The van der Waals surface area contributed by atoms with E-state index in [0.717, 1.165) is 23.3 Å². The first kappa shape index (κ1) is 22.5. The van der Waals surface area contributed by atoms with E-state index in [0.29, 0.717) is 33.2 Å². The van der Waals surface area contributed by atoms with Crippen LogP contribution in [0.3, 0.4) is 0 Å². The fourth-order valence-corrected chi connectivity index (χ4v) is 4.65. The van der Waals surface area contributed by atoms with Gasteiger partial charge in [-0.05, 0) is 53.9 Å². The van der Waals surface area contributed by atoms with Crippen molar-refractivity contribution >= 4 is 40.1 Å². The molecule has 0 saturated heterocycles. The molecule has 172 valence electrons. The second-order valence-electron chi connectivity index (χ2n) is 8.16. The summed E-state index contributed by atoms with van der Waals surface area (Å²) in [5.41, 5.74) is 1.90. The quantitative estimate of drug-likeness (QED) is 0.302.